The highest BCUT2D eigenvalue weighted by Crippen LogP contribution is 2.27. The van der Waals surface area contributed by atoms with E-state index >= 15 is 0 Å². The van der Waals surface area contributed by atoms with Crippen molar-refractivity contribution in [1.82, 2.24) is 10.6 Å². The molecule has 2 fully saturated rings. The molecule has 4 unspecified atom stereocenters. The van der Waals surface area contributed by atoms with Crippen LogP contribution in [0.15, 0.2) is 29.4 Å². The Labute approximate surface area is 324 Å². The zero-order chi connectivity index (χ0) is 41.0. The van der Waals surface area contributed by atoms with Crippen molar-refractivity contribution in [3.05, 3.63) is 40.3 Å². The first-order chi connectivity index (χ1) is 26.9. The highest BCUT2D eigenvalue weighted by atomic mass is 16.7. The summed E-state index contributed by atoms with van der Waals surface area (Å²) in [6, 6.07) is 5.95. The fourth-order valence-electron chi connectivity index (χ4n) is 5.91. The Morgan fingerprint density at radius 1 is 0.875 bits per heavy atom. The second-order valence-corrected chi connectivity index (χ2v) is 13.0. The number of azide groups is 1. The average molecular weight is 802 g/mol. The van der Waals surface area contributed by atoms with Crippen LogP contribution in [0.4, 0.5) is 0 Å². The number of aliphatic hydroxyl groups excluding tert-OH is 5. The molecule has 2 saturated heterocycles. The van der Waals surface area contributed by atoms with Crippen LogP contribution in [0.3, 0.4) is 0 Å². The number of methoxy groups -OCH3 is 2. The molecule has 11 atom stereocenters. The minimum atomic E-state index is -1.64. The van der Waals surface area contributed by atoms with E-state index in [-0.39, 0.29) is 45.1 Å². The predicted octanol–water partition coefficient (Wildman–Crippen LogP) is -1.41. The zero-order valence-corrected chi connectivity index (χ0v) is 31.7. The normalized spacial score (nSPS) is 28.1. The summed E-state index contributed by atoms with van der Waals surface area (Å²) in [4.78, 5) is 40.3. The lowest BCUT2D eigenvalue weighted by atomic mass is 9.98. The fraction of sp³-hybridized carbons (Fsp3) is 0.743. The van der Waals surface area contributed by atoms with E-state index in [1.165, 1.54) is 14.2 Å². The Bertz CT molecular complexity index is 1390. The molecule has 2 aliphatic heterocycles. The molecule has 21 nitrogen and oxygen atoms in total. The second kappa shape index (κ2) is 24.8. The van der Waals surface area contributed by atoms with E-state index in [0.29, 0.717) is 31.6 Å². The van der Waals surface area contributed by atoms with E-state index < -0.39 is 92.5 Å². The van der Waals surface area contributed by atoms with Gasteiger partial charge < -0.3 is 74.1 Å². The highest BCUT2D eigenvalue weighted by molar-refractivity contribution is 5.84. The molecule has 0 bridgehead atoms. The summed E-state index contributed by atoms with van der Waals surface area (Å²) in [5.41, 5.74) is 9.08. The largest absolute Gasteiger partial charge is 0.492 e. The summed E-state index contributed by atoms with van der Waals surface area (Å²) in [5, 5.41) is 61.1. The number of benzene rings is 1. The molecule has 1 aromatic rings. The van der Waals surface area contributed by atoms with Crippen molar-refractivity contribution in [3.8, 4) is 5.75 Å². The molecule has 56 heavy (non-hydrogen) atoms. The van der Waals surface area contributed by atoms with Gasteiger partial charge in [0, 0.05) is 38.5 Å². The number of carbonyl (C=O) groups is 3. The number of esters is 1. The monoisotopic (exact) mass is 801 g/mol. The lowest BCUT2D eigenvalue weighted by Crippen LogP contribution is -2.62. The Kier molecular flexibility index (Phi) is 20.7. The number of amides is 2. The van der Waals surface area contributed by atoms with Crippen LogP contribution < -0.4 is 15.4 Å². The third kappa shape index (κ3) is 14.7. The zero-order valence-electron chi connectivity index (χ0n) is 31.7. The molecule has 1 aromatic carbocycles. The third-order valence-electron chi connectivity index (χ3n) is 8.89. The maximum Gasteiger partial charge on any atom is 0.328 e. The SMILES string of the molecule is CCOC(=O)[C@H](Cc1ccc(OCCNC(=O)CO[C@@H]2C(O)[C@@H](OC)OC(CO[C@@H]3OC(COC)[C@@H](O)[C@H](O)C3O)[C@H]2O)cc1)NC(=O)CCCCCN=[N+]=[N-]. The number of carbonyl (C=O) groups excluding carboxylic acids is 3. The summed E-state index contributed by atoms with van der Waals surface area (Å²) in [6.45, 7) is 1.28. The first-order valence-electron chi connectivity index (χ1n) is 18.3. The number of nitrogens with zero attached hydrogens (tertiary/aromatic N) is 3. The van der Waals surface area contributed by atoms with E-state index in [2.05, 4.69) is 20.7 Å². The Hall–Kier alpha value is -3.70. The van der Waals surface area contributed by atoms with Crippen LogP contribution in [0.25, 0.3) is 10.4 Å². The molecule has 2 aliphatic rings. The first kappa shape index (κ1) is 46.7. The minimum Gasteiger partial charge on any atom is -0.492 e. The van der Waals surface area contributed by atoms with E-state index in [4.69, 9.17) is 43.4 Å². The van der Waals surface area contributed by atoms with E-state index in [1.807, 2.05) is 0 Å². The second-order valence-electron chi connectivity index (χ2n) is 13.0. The fourth-order valence-corrected chi connectivity index (χ4v) is 5.91. The van der Waals surface area contributed by atoms with Crippen LogP contribution in [0.5, 0.6) is 5.75 Å². The molecule has 0 saturated carbocycles. The van der Waals surface area contributed by atoms with Gasteiger partial charge in [0.25, 0.3) is 0 Å². The lowest BCUT2D eigenvalue weighted by Gasteiger charge is -2.43. The quantitative estimate of drug-likeness (QED) is 0.0208. The van der Waals surface area contributed by atoms with Gasteiger partial charge in [0.05, 0.1) is 26.4 Å². The van der Waals surface area contributed by atoms with Crippen LogP contribution in [0, 0.1) is 0 Å². The maximum absolute atomic E-state index is 12.6. The van der Waals surface area contributed by atoms with Gasteiger partial charge in [-0.05, 0) is 43.0 Å². The first-order valence-corrected chi connectivity index (χ1v) is 18.3. The van der Waals surface area contributed by atoms with Crippen molar-refractivity contribution in [2.75, 3.05) is 60.3 Å². The molecule has 0 aromatic heterocycles. The van der Waals surface area contributed by atoms with Gasteiger partial charge in [0.2, 0.25) is 11.8 Å². The van der Waals surface area contributed by atoms with Crippen molar-refractivity contribution >= 4 is 17.8 Å². The number of hydrogen-bond acceptors (Lipinski definition) is 17. The van der Waals surface area contributed by atoms with Crippen LogP contribution in [0.1, 0.15) is 38.2 Å². The Balaban J connectivity index is 1.43. The van der Waals surface area contributed by atoms with E-state index in [1.54, 1.807) is 31.2 Å². The maximum atomic E-state index is 12.6. The molecule has 316 valence electrons. The van der Waals surface area contributed by atoms with E-state index in [9.17, 15) is 39.9 Å². The van der Waals surface area contributed by atoms with Crippen molar-refractivity contribution in [3.63, 3.8) is 0 Å². The Morgan fingerprint density at radius 2 is 1.59 bits per heavy atom. The van der Waals surface area contributed by atoms with Crippen molar-refractivity contribution in [2.24, 2.45) is 5.11 Å². The molecule has 21 heteroatoms. The molecule has 2 heterocycles. The summed E-state index contributed by atoms with van der Waals surface area (Å²) < 4.78 is 43.2. The molecule has 3 rings (SSSR count). The van der Waals surface area contributed by atoms with Crippen LogP contribution in [0.2, 0.25) is 0 Å². The molecule has 7 N–H and O–H groups in total. The van der Waals surface area contributed by atoms with Gasteiger partial charge in [-0.15, -0.1) is 0 Å². The van der Waals surface area contributed by atoms with Gasteiger partial charge in [-0.3, -0.25) is 9.59 Å². The van der Waals surface area contributed by atoms with Crippen molar-refractivity contribution in [2.45, 2.75) is 106 Å². The number of aliphatic hydroxyl groups is 5. The minimum absolute atomic E-state index is 0.0786. The van der Waals surface area contributed by atoms with Gasteiger partial charge >= 0.3 is 5.97 Å². The standard InChI is InChI=1S/C35H55N5O16/c1-4-51-33(48)22(39-25(41)8-6-5-7-13-38-40-36)16-20-9-11-21(12-10-20)52-15-14-37-26(42)19-53-32-28(44)24(55-34(50-3)31(32)47)18-54-35-30(46)29(45)27(43)23(56-35)17-49-2/h9-12,22-24,27-32,34-35,43-47H,4-8,13-19H2,1-3H3,(H,37,42)(H,39,41)/t22-,23?,24?,27+,28+,29-,30?,31?,32-,34-,35+/m0/s1. The number of unbranched alkanes of at least 4 members (excludes halogenated alkanes) is 2. The number of rotatable bonds is 24. The number of nitrogens with one attached hydrogen (secondary N) is 2. The van der Waals surface area contributed by atoms with Crippen LogP contribution in [-0.4, -0.2) is 171 Å². The van der Waals surface area contributed by atoms with Crippen molar-refractivity contribution in [1.29, 1.82) is 0 Å². The summed E-state index contributed by atoms with van der Waals surface area (Å²) >= 11 is 0. The topological polar surface area (TPSA) is 299 Å². The number of ether oxygens (including phenoxy) is 8. The molecule has 2 amide bonds. The summed E-state index contributed by atoms with van der Waals surface area (Å²) in [5.74, 6) is -0.938. The van der Waals surface area contributed by atoms with Crippen LogP contribution in [-0.2, 0) is 54.0 Å². The number of hydrogen-bond donors (Lipinski definition) is 7. The smallest absolute Gasteiger partial charge is 0.328 e. The van der Waals surface area contributed by atoms with Gasteiger partial charge in [-0.1, -0.05) is 23.7 Å². The predicted molar refractivity (Wildman–Crippen MR) is 192 cm³/mol. The Morgan fingerprint density at radius 3 is 2.27 bits per heavy atom. The van der Waals surface area contributed by atoms with Gasteiger partial charge in [0.1, 0.15) is 73.8 Å². The van der Waals surface area contributed by atoms with Crippen LogP contribution >= 0.6 is 0 Å². The van der Waals surface area contributed by atoms with Gasteiger partial charge in [-0.25, -0.2) is 4.79 Å². The summed E-state index contributed by atoms with van der Waals surface area (Å²) in [7, 11) is 2.62. The molecule has 0 radical (unpaired) electrons. The van der Waals surface area contributed by atoms with Gasteiger partial charge in [-0.2, -0.15) is 0 Å². The molecule has 0 aliphatic carbocycles. The molecule has 0 spiro atoms. The lowest BCUT2D eigenvalue weighted by molar-refractivity contribution is -0.331. The highest BCUT2D eigenvalue weighted by Gasteiger charge is 2.48. The van der Waals surface area contributed by atoms with E-state index in [0.717, 1.165) is 5.56 Å². The van der Waals surface area contributed by atoms with Crippen molar-refractivity contribution < 1.29 is 77.8 Å². The summed E-state index contributed by atoms with van der Waals surface area (Å²) in [6.07, 6.45) is -11.6. The molecular formula is C35H55N5O16. The molecular weight excluding hydrogens is 746 g/mol. The third-order valence-corrected chi connectivity index (χ3v) is 8.89. The van der Waals surface area contributed by atoms with Gasteiger partial charge in [0.15, 0.2) is 12.6 Å². The average Bonchev–Trinajstić information content (AvgIpc) is 3.18.